The molecule has 1 amide bonds. The predicted molar refractivity (Wildman–Crippen MR) is 117 cm³/mol. The van der Waals surface area contributed by atoms with Gasteiger partial charge in [-0.2, -0.15) is 0 Å². The number of hydrogen-bond donors (Lipinski definition) is 0. The van der Waals surface area contributed by atoms with E-state index in [1.807, 2.05) is 23.1 Å². The average Bonchev–Trinajstić information content (AvgIpc) is 3.19. The second-order valence-electron chi connectivity index (χ2n) is 6.86. The van der Waals surface area contributed by atoms with E-state index in [4.69, 9.17) is 27.7 Å². The van der Waals surface area contributed by atoms with Crippen molar-refractivity contribution < 1.29 is 9.32 Å². The minimum Gasteiger partial charge on any atom is -0.355 e. The third-order valence-electron chi connectivity index (χ3n) is 4.94. The standard InChI is InChI=1S/C21H18BrCl2N3O2/c22-17-4-2-1-3-14(17)13-26-7-9-27(10-8-26)21(28)19-12-20(29-25-19)16-6-5-15(23)11-18(16)24/h1-6,11-12H,7-10,13H2. The zero-order valence-electron chi connectivity index (χ0n) is 15.4. The molecular formula is C21H18BrCl2N3O2. The zero-order chi connectivity index (χ0) is 20.4. The maximum atomic E-state index is 12.8. The summed E-state index contributed by atoms with van der Waals surface area (Å²) in [7, 11) is 0. The van der Waals surface area contributed by atoms with E-state index in [9.17, 15) is 4.79 Å². The number of hydrogen-bond acceptors (Lipinski definition) is 4. The highest BCUT2D eigenvalue weighted by Crippen LogP contribution is 2.31. The number of aromatic nitrogens is 1. The SMILES string of the molecule is O=C(c1cc(-c2ccc(Cl)cc2Cl)on1)N1CCN(Cc2ccccc2Br)CC1. The summed E-state index contributed by atoms with van der Waals surface area (Å²) in [5, 5.41) is 4.94. The van der Waals surface area contributed by atoms with Crippen LogP contribution in [0.4, 0.5) is 0 Å². The Hall–Kier alpha value is -1.86. The lowest BCUT2D eigenvalue weighted by Crippen LogP contribution is -2.48. The van der Waals surface area contributed by atoms with Gasteiger partial charge in [-0.25, -0.2) is 0 Å². The summed E-state index contributed by atoms with van der Waals surface area (Å²) in [5.74, 6) is 0.313. The first kappa shape index (κ1) is 20.4. The summed E-state index contributed by atoms with van der Waals surface area (Å²) in [5.41, 5.74) is 2.18. The molecule has 0 radical (unpaired) electrons. The van der Waals surface area contributed by atoms with Gasteiger partial charge in [0, 0.05) is 53.8 Å². The quantitative estimate of drug-likeness (QED) is 0.489. The molecule has 0 unspecified atom stereocenters. The molecule has 4 rings (SSSR count). The summed E-state index contributed by atoms with van der Waals surface area (Å²) < 4.78 is 6.46. The Morgan fingerprint density at radius 2 is 1.83 bits per heavy atom. The lowest BCUT2D eigenvalue weighted by Gasteiger charge is -2.34. The van der Waals surface area contributed by atoms with Gasteiger partial charge in [-0.3, -0.25) is 9.69 Å². The van der Waals surface area contributed by atoms with Crippen molar-refractivity contribution in [3.05, 3.63) is 74.3 Å². The number of nitrogens with zero attached hydrogens (tertiary/aromatic N) is 3. The van der Waals surface area contributed by atoms with Crippen molar-refractivity contribution in [2.45, 2.75) is 6.54 Å². The maximum absolute atomic E-state index is 12.8. The smallest absolute Gasteiger partial charge is 0.276 e. The van der Waals surface area contributed by atoms with Crippen molar-refractivity contribution in [3.8, 4) is 11.3 Å². The molecule has 2 heterocycles. The van der Waals surface area contributed by atoms with E-state index < -0.39 is 0 Å². The van der Waals surface area contributed by atoms with E-state index in [2.05, 4.69) is 32.1 Å². The number of carbonyl (C=O) groups excluding carboxylic acids is 1. The van der Waals surface area contributed by atoms with Crippen LogP contribution < -0.4 is 0 Å². The number of halogens is 3. The summed E-state index contributed by atoms with van der Waals surface area (Å²) in [6, 6.07) is 14.9. The second kappa shape index (κ2) is 8.88. The van der Waals surface area contributed by atoms with Crippen LogP contribution in [0, 0.1) is 0 Å². The average molecular weight is 495 g/mol. The van der Waals surface area contributed by atoms with E-state index >= 15 is 0 Å². The highest BCUT2D eigenvalue weighted by Gasteiger charge is 2.25. The molecule has 0 bridgehead atoms. The molecule has 0 atom stereocenters. The Bertz CT molecular complexity index is 1030. The molecule has 1 aromatic heterocycles. The second-order valence-corrected chi connectivity index (χ2v) is 8.56. The van der Waals surface area contributed by atoms with Gasteiger partial charge in [0.15, 0.2) is 11.5 Å². The van der Waals surface area contributed by atoms with Crippen molar-refractivity contribution in [1.29, 1.82) is 0 Å². The Morgan fingerprint density at radius 1 is 1.07 bits per heavy atom. The fourth-order valence-electron chi connectivity index (χ4n) is 3.33. The van der Waals surface area contributed by atoms with Gasteiger partial charge in [0.2, 0.25) is 0 Å². The monoisotopic (exact) mass is 493 g/mol. The van der Waals surface area contributed by atoms with E-state index in [-0.39, 0.29) is 11.6 Å². The molecule has 2 aromatic carbocycles. The van der Waals surface area contributed by atoms with Crippen LogP contribution in [0.3, 0.4) is 0 Å². The van der Waals surface area contributed by atoms with E-state index in [1.165, 1.54) is 5.56 Å². The molecule has 29 heavy (non-hydrogen) atoms. The Balaban J connectivity index is 1.39. The van der Waals surface area contributed by atoms with Gasteiger partial charge >= 0.3 is 0 Å². The van der Waals surface area contributed by atoms with Crippen LogP contribution in [0.15, 0.2) is 57.5 Å². The van der Waals surface area contributed by atoms with Gasteiger partial charge in [0.05, 0.1) is 5.02 Å². The van der Waals surface area contributed by atoms with Crippen LogP contribution in [0.25, 0.3) is 11.3 Å². The third-order valence-corrected chi connectivity index (χ3v) is 6.26. The molecule has 1 saturated heterocycles. The largest absolute Gasteiger partial charge is 0.355 e. The van der Waals surface area contributed by atoms with E-state index in [1.54, 1.807) is 24.3 Å². The van der Waals surface area contributed by atoms with E-state index in [0.29, 0.717) is 34.5 Å². The van der Waals surface area contributed by atoms with Crippen LogP contribution in [0.5, 0.6) is 0 Å². The number of carbonyl (C=O) groups is 1. The minimum absolute atomic E-state index is 0.134. The van der Waals surface area contributed by atoms with Gasteiger partial charge < -0.3 is 9.42 Å². The summed E-state index contributed by atoms with van der Waals surface area (Å²) in [6.45, 7) is 3.76. The van der Waals surface area contributed by atoms with Gasteiger partial charge in [-0.05, 0) is 29.8 Å². The molecule has 0 N–H and O–H groups in total. The molecule has 3 aromatic rings. The molecule has 1 aliphatic heterocycles. The third kappa shape index (κ3) is 4.67. The van der Waals surface area contributed by atoms with Crippen molar-refractivity contribution in [1.82, 2.24) is 15.0 Å². The Kier molecular flexibility index (Phi) is 6.25. The minimum atomic E-state index is -0.134. The molecule has 0 aliphatic carbocycles. The molecule has 5 nitrogen and oxygen atoms in total. The molecular weight excluding hydrogens is 477 g/mol. The summed E-state index contributed by atoms with van der Waals surface area (Å²) in [6.07, 6.45) is 0. The van der Waals surface area contributed by atoms with Gasteiger partial charge in [0.25, 0.3) is 5.91 Å². The highest BCUT2D eigenvalue weighted by molar-refractivity contribution is 9.10. The normalized spacial score (nSPS) is 14.9. The lowest BCUT2D eigenvalue weighted by atomic mass is 10.1. The molecule has 1 fully saturated rings. The Morgan fingerprint density at radius 3 is 2.55 bits per heavy atom. The maximum Gasteiger partial charge on any atom is 0.276 e. The highest BCUT2D eigenvalue weighted by atomic mass is 79.9. The Labute approximate surface area is 187 Å². The van der Waals surface area contributed by atoms with Crippen molar-refractivity contribution in [3.63, 3.8) is 0 Å². The number of amides is 1. The summed E-state index contributed by atoms with van der Waals surface area (Å²) >= 11 is 15.7. The zero-order valence-corrected chi connectivity index (χ0v) is 18.5. The number of piperazine rings is 1. The molecule has 0 spiro atoms. The first-order valence-corrected chi connectivity index (χ1v) is 10.7. The molecule has 150 valence electrons. The van der Waals surface area contributed by atoms with Crippen molar-refractivity contribution >= 4 is 45.0 Å². The van der Waals surface area contributed by atoms with Crippen LogP contribution >= 0.6 is 39.1 Å². The number of benzene rings is 2. The molecule has 1 aliphatic rings. The van der Waals surface area contributed by atoms with Crippen LogP contribution in [0.2, 0.25) is 10.0 Å². The van der Waals surface area contributed by atoms with Crippen LogP contribution in [0.1, 0.15) is 16.1 Å². The van der Waals surface area contributed by atoms with Gasteiger partial charge in [0.1, 0.15) is 0 Å². The van der Waals surface area contributed by atoms with Crippen LogP contribution in [-0.4, -0.2) is 47.0 Å². The predicted octanol–water partition coefficient (Wildman–Crippen LogP) is 5.37. The summed E-state index contributed by atoms with van der Waals surface area (Å²) in [4.78, 5) is 17.0. The number of rotatable bonds is 4. The van der Waals surface area contributed by atoms with Crippen molar-refractivity contribution in [2.24, 2.45) is 0 Å². The van der Waals surface area contributed by atoms with Crippen LogP contribution in [-0.2, 0) is 6.54 Å². The lowest BCUT2D eigenvalue weighted by molar-refractivity contribution is 0.0618. The van der Waals surface area contributed by atoms with Gasteiger partial charge in [-0.1, -0.05) is 62.5 Å². The molecule has 0 saturated carbocycles. The fraction of sp³-hybridized carbons (Fsp3) is 0.238. The topological polar surface area (TPSA) is 49.6 Å². The van der Waals surface area contributed by atoms with Crippen molar-refractivity contribution in [2.75, 3.05) is 26.2 Å². The first-order valence-electron chi connectivity index (χ1n) is 9.18. The van der Waals surface area contributed by atoms with Gasteiger partial charge in [-0.15, -0.1) is 0 Å². The fourth-order valence-corrected chi connectivity index (χ4v) is 4.24. The van der Waals surface area contributed by atoms with E-state index in [0.717, 1.165) is 24.1 Å². The molecule has 8 heteroatoms. The first-order chi connectivity index (χ1) is 14.0.